The van der Waals surface area contributed by atoms with Crippen LogP contribution in [0.25, 0.3) is 0 Å². The molecule has 6 heteroatoms. The van der Waals surface area contributed by atoms with Crippen LogP contribution in [0.15, 0.2) is 49.3 Å². The quantitative estimate of drug-likeness (QED) is 0.620. The molecule has 0 saturated heterocycles. The third kappa shape index (κ3) is 3.86. The topological polar surface area (TPSA) is 51.8 Å². The Bertz CT molecular complexity index is 938. The Kier molecular flexibility index (Phi) is 5.55. The maximum Gasteiger partial charge on any atom is 0.227 e. The van der Waals surface area contributed by atoms with Crippen molar-refractivity contribution in [1.82, 2.24) is 24.3 Å². The molecule has 3 aromatic rings. The van der Waals surface area contributed by atoms with Crippen LogP contribution in [0, 0.1) is 6.92 Å². The standard InChI is InChI=1S/C22H28N6/c1-3-13-28-21(11-16-26-17-12-23-18(26)2)24-25-22(28)27-14-6-9-19-7-4-5-8-20(19)10-15-27/h3-5,7-8,12,17H,1,6,9-11,13-16H2,2H3. The van der Waals surface area contributed by atoms with E-state index in [0.717, 1.165) is 69.5 Å². The molecule has 28 heavy (non-hydrogen) atoms. The lowest BCUT2D eigenvalue weighted by atomic mass is 9.98. The molecule has 0 saturated carbocycles. The Morgan fingerprint density at radius 1 is 1.11 bits per heavy atom. The van der Waals surface area contributed by atoms with Crippen molar-refractivity contribution >= 4 is 5.95 Å². The Morgan fingerprint density at radius 3 is 2.68 bits per heavy atom. The van der Waals surface area contributed by atoms with Crippen molar-refractivity contribution in [3.63, 3.8) is 0 Å². The molecule has 0 unspecified atom stereocenters. The van der Waals surface area contributed by atoms with Gasteiger partial charge in [-0.15, -0.1) is 16.8 Å². The van der Waals surface area contributed by atoms with E-state index in [0.29, 0.717) is 0 Å². The molecule has 2 aromatic heterocycles. The Labute approximate surface area is 166 Å². The maximum atomic E-state index is 4.58. The maximum absolute atomic E-state index is 4.58. The molecule has 0 N–H and O–H groups in total. The first-order valence-electron chi connectivity index (χ1n) is 10.1. The molecule has 1 aromatic carbocycles. The fraction of sp³-hybridized carbons (Fsp3) is 0.409. The molecule has 0 bridgehead atoms. The van der Waals surface area contributed by atoms with Gasteiger partial charge in [0, 0.05) is 45.0 Å². The number of anilines is 1. The number of hydrogen-bond donors (Lipinski definition) is 0. The van der Waals surface area contributed by atoms with Crippen LogP contribution in [-0.4, -0.2) is 37.4 Å². The molecule has 0 atom stereocenters. The lowest BCUT2D eigenvalue weighted by molar-refractivity contribution is 0.613. The molecule has 1 aliphatic heterocycles. The van der Waals surface area contributed by atoms with Crippen LogP contribution in [0.2, 0.25) is 0 Å². The van der Waals surface area contributed by atoms with Gasteiger partial charge in [-0.1, -0.05) is 30.3 Å². The number of aromatic nitrogens is 5. The zero-order valence-electron chi connectivity index (χ0n) is 16.6. The van der Waals surface area contributed by atoms with Gasteiger partial charge in [-0.2, -0.15) is 0 Å². The van der Waals surface area contributed by atoms with Gasteiger partial charge >= 0.3 is 0 Å². The van der Waals surface area contributed by atoms with Crippen LogP contribution in [0.1, 0.15) is 29.2 Å². The number of rotatable bonds is 6. The van der Waals surface area contributed by atoms with E-state index < -0.39 is 0 Å². The highest BCUT2D eigenvalue weighted by Gasteiger charge is 2.19. The molecular weight excluding hydrogens is 348 g/mol. The highest BCUT2D eigenvalue weighted by molar-refractivity contribution is 5.35. The zero-order valence-corrected chi connectivity index (χ0v) is 16.6. The lowest BCUT2D eigenvalue weighted by Crippen LogP contribution is -2.32. The molecule has 6 nitrogen and oxygen atoms in total. The summed E-state index contributed by atoms with van der Waals surface area (Å²) in [5.74, 6) is 3.00. The minimum atomic E-state index is 0.730. The predicted octanol–water partition coefficient (Wildman–Crippen LogP) is 3.21. The number of nitrogens with zero attached hydrogens (tertiary/aromatic N) is 6. The summed E-state index contributed by atoms with van der Waals surface area (Å²) in [6.07, 6.45) is 9.90. The molecule has 0 radical (unpaired) electrons. The second kappa shape index (κ2) is 8.42. The predicted molar refractivity (Wildman–Crippen MR) is 112 cm³/mol. The second-order valence-corrected chi connectivity index (χ2v) is 7.34. The van der Waals surface area contributed by atoms with Crippen LogP contribution >= 0.6 is 0 Å². The Hall–Kier alpha value is -2.89. The minimum absolute atomic E-state index is 0.730. The van der Waals surface area contributed by atoms with E-state index in [1.807, 2.05) is 25.4 Å². The lowest BCUT2D eigenvalue weighted by Gasteiger charge is -2.27. The number of aryl methyl sites for hydroxylation is 4. The van der Waals surface area contributed by atoms with Crippen molar-refractivity contribution in [3.8, 4) is 0 Å². The summed E-state index contributed by atoms with van der Waals surface area (Å²) in [7, 11) is 0. The number of imidazole rings is 1. The summed E-state index contributed by atoms with van der Waals surface area (Å²) < 4.78 is 4.37. The van der Waals surface area contributed by atoms with Crippen molar-refractivity contribution in [2.24, 2.45) is 0 Å². The van der Waals surface area contributed by atoms with Gasteiger partial charge in [0.2, 0.25) is 5.95 Å². The molecule has 0 fully saturated rings. The van der Waals surface area contributed by atoms with E-state index in [1.165, 1.54) is 11.1 Å². The van der Waals surface area contributed by atoms with E-state index in [4.69, 9.17) is 0 Å². The smallest absolute Gasteiger partial charge is 0.227 e. The van der Waals surface area contributed by atoms with Crippen molar-refractivity contribution in [2.75, 3.05) is 18.0 Å². The fourth-order valence-electron chi connectivity index (χ4n) is 3.99. The average molecular weight is 377 g/mol. The highest BCUT2D eigenvalue weighted by atomic mass is 15.4. The van der Waals surface area contributed by atoms with Crippen LogP contribution in [-0.2, 0) is 32.4 Å². The van der Waals surface area contributed by atoms with Crippen LogP contribution < -0.4 is 4.90 Å². The monoisotopic (exact) mass is 376 g/mol. The van der Waals surface area contributed by atoms with Gasteiger partial charge in [-0.3, -0.25) is 4.57 Å². The largest absolute Gasteiger partial charge is 0.341 e. The fourth-order valence-corrected chi connectivity index (χ4v) is 3.99. The van der Waals surface area contributed by atoms with Gasteiger partial charge in [-0.05, 0) is 37.3 Å². The summed E-state index contributed by atoms with van der Waals surface area (Å²) in [6.45, 7) is 9.52. The van der Waals surface area contributed by atoms with Gasteiger partial charge in [0.25, 0.3) is 0 Å². The zero-order chi connectivity index (χ0) is 19.3. The molecule has 146 valence electrons. The van der Waals surface area contributed by atoms with E-state index >= 15 is 0 Å². The van der Waals surface area contributed by atoms with Gasteiger partial charge in [0.1, 0.15) is 11.6 Å². The van der Waals surface area contributed by atoms with Crippen molar-refractivity contribution in [2.45, 2.75) is 45.7 Å². The third-order valence-corrected chi connectivity index (χ3v) is 5.55. The molecule has 3 heterocycles. The van der Waals surface area contributed by atoms with Crippen LogP contribution in [0.5, 0.6) is 0 Å². The van der Waals surface area contributed by atoms with E-state index in [1.54, 1.807) is 0 Å². The third-order valence-electron chi connectivity index (χ3n) is 5.55. The van der Waals surface area contributed by atoms with Gasteiger partial charge in [0.15, 0.2) is 0 Å². The Balaban J connectivity index is 1.53. The van der Waals surface area contributed by atoms with Crippen molar-refractivity contribution in [3.05, 3.63) is 72.1 Å². The molecular formula is C22H28N6. The number of allylic oxidation sites excluding steroid dienone is 1. The SMILES string of the molecule is C=CCn1c(CCn2ccnc2C)nnc1N1CCCc2ccccc2CC1. The summed E-state index contributed by atoms with van der Waals surface area (Å²) in [5, 5.41) is 9.10. The highest BCUT2D eigenvalue weighted by Crippen LogP contribution is 2.21. The van der Waals surface area contributed by atoms with Crippen molar-refractivity contribution < 1.29 is 0 Å². The van der Waals surface area contributed by atoms with Gasteiger partial charge < -0.3 is 9.47 Å². The van der Waals surface area contributed by atoms with Gasteiger partial charge in [-0.25, -0.2) is 4.98 Å². The minimum Gasteiger partial charge on any atom is -0.341 e. The van der Waals surface area contributed by atoms with Crippen molar-refractivity contribution in [1.29, 1.82) is 0 Å². The van der Waals surface area contributed by atoms with Crippen LogP contribution in [0.4, 0.5) is 5.95 Å². The first-order valence-corrected chi connectivity index (χ1v) is 10.1. The number of hydrogen-bond acceptors (Lipinski definition) is 4. The van der Waals surface area contributed by atoms with E-state index in [9.17, 15) is 0 Å². The number of fused-ring (bicyclic) bond motifs is 1. The second-order valence-electron chi connectivity index (χ2n) is 7.34. The molecule has 0 amide bonds. The van der Waals surface area contributed by atoms with E-state index in [2.05, 4.69) is 60.1 Å². The molecule has 0 aliphatic carbocycles. The molecule has 1 aliphatic rings. The summed E-state index contributed by atoms with van der Waals surface area (Å²) in [5.41, 5.74) is 2.95. The van der Waals surface area contributed by atoms with Gasteiger partial charge in [0.05, 0.1) is 0 Å². The Morgan fingerprint density at radius 2 is 1.93 bits per heavy atom. The van der Waals surface area contributed by atoms with Crippen LogP contribution in [0.3, 0.4) is 0 Å². The summed E-state index contributed by atoms with van der Waals surface area (Å²) in [4.78, 5) is 6.69. The number of benzene rings is 1. The summed E-state index contributed by atoms with van der Waals surface area (Å²) in [6, 6.07) is 8.81. The summed E-state index contributed by atoms with van der Waals surface area (Å²) >= 11 is 0. The molecule has 0 spiro atoms. The molecule has 4 rings (SSSR count). The first kappa shape index (κ1) is 18.5. The normalized spacial score (nSPS) is 14.4. The van der Waals surface area contributed by atoms with E-state index in [-0.39, 0.29) is 0 Å². The first-order chi connectivity index (χ1) is 13.8. The average Bonchev–Trinajstić information content (AvgIpc) is 3.27.